The highest BCUT2D eigenvalue weighted by atomic mass is 35.5. The predicted octanol–water partition coefficient (Wildman–Crippen LogP) is 1.43. The number of hydrogen-bond donors (Lipinski definition) is 3. The molecule has 1 atom stereocenters. The van der Waals surface area contributed by atoms with Gasteiger partial charge in [0.25, 0.3) is 0 Å². The molecule has 138 valence electrons. The zero-order valence-corrected chi connectivity index (χ0v) is 14.8. The first-order valence-corrected chi connectivity index (χ1v) is 8.74. The Morgan fingerprint density at radius 1 is 1.24 bits per heavy atom. The Kier molecular flexibility index (Phi) is 8.14. The van der Waals surface area contributed by atoms with E-state index in [-0.39, 0.29) is 12.3 Å². The Balaban J connectivity index is 1.70. The number of amides is 1. The summed E-state index contributed by atoms with van der Waals surface area (Å²) in [6.07, 6.45) is 0.693. The van der Waals surface area contributed by atoms with E-state index in [2.05, 4.69) is 15.5 Å². The Hall–Kier alpha value is -1.67. The van der Waals surface area contributed by atoms with Crippen molar-refractivity contribution in [2.24, 2.45) is 0 Å². The van der Waals surface area contributed by atoms with Gasteiger partial charge in [-0.1, -0.05) is 11.6 Å². The minimum atomic E-state index is -1.03. The summed E-state index contributed by atoms with van der Waals surface area (Å²) < 4.78 is 5.29. The van der Waals surface area contributed by atoms with Gasteiger partial charge >= 0.3 is 5.97 Å². The van der Waals surface area contributed by atoms with Crippen molar-refractivity contribution in [2.45, 2.75) is 18.9 Å². The van der Waals surface area contributed by atoms with Crippen LogP contribution in [0, 0.1) is 0 Å². The minimum Gasteiger partial charge on any atom is -0.480 e. The van der Waals surface area contributed by atoms with Crippen molar-refractivity contribution in [1.82, 2.24) is 10.2 Å². The lowest BCUT2D eigenvalue weighted by atomic mass is 10.2. The van der Waals surface area contributed by atoms with E-state index in [1.807, 2.05) is 0 Å². The van der Waals surface area contributed by atoms with Crippen LogP contribution in [0.25, 0.3) is 0 Å². The molecule has 0 spiro atoms. The van der Waals surface area contributed by atoms with Crippen molar-refractivity contribution in [3.63, 3.8) is 0 Å². The topological polar surface area (TPSA) is 90.9 Å². The van der Waals surface area contributed by atoms with Gasteiger partial charge in [0.05, 0.1) is 19.6 Å². The molecule has 1 aromatic carbocycles. The molecule has 3 N–H and O–H groups in total. The van der Waals surface area contributed by atoms with Gasteiger partial charge in [-0.3, -0.25) is 14.5 Å². The number of anilines is 1. The number of carbonyl (C=O) groups is 2. The van der Waals surface area contributed by atoms with Crippen molar-refractivity contribution in [1.29, 1.82) is 0 Å². The summed E-state index contributed by atoms with van der Waals surface area (Å²) in [5.41, 5.74) is 0.589. The smallest absolute Gasteiger partial charge is 0.321 e. The molecule has 7 nitrogen and oxygen atoms in total. The lowest BCUT2D eigenvalue weighted by Gasteiger charge is -2.26. The average molecular weight is 370 g/mol. The number of carboxylic acids is 1. The molecule has 1 saturated heterocycles. The van der Waals surface area contributed by atoms with Crippen LogP contribution in [0.3, 0.4) is 0 Å². The minimum absolute atomic E-state index is 0.129. The predicted molar refractivity (Wildman–Crippen MR) is 96.0 cm³/mol. The second-order valence-corrected chi connectivity index (χ2v) is 6.35. The Morgan fingerprint density at radius 3 is 2.56 bits per heavy atom. The molecule has 0 unspecified atom stereocenters. The van der Waals surface area contributed by atoms with Crippen molar-refractivity contribution in [2.75, 3.05) is 44.7 Å². The van der Waals surface area contributed by atoms with Gasteiger partial charge in [0, 0.05) is 23.8 Å². The molecule has 0 bridgehead atoms. The van der Waals surface area contributed by atoms with E-state index in [0.717, 1.165) is 39.3 Å². The number of halogens is 1. The molecular formula is C17H24ClN3O4. The number of nitrogens with zero attached hydrogens (tertiary/aromatic N) is 1. The molecule has 1 amide bonds. The summed E-state index contributed by atoms with van der Waals surface area (Å²) in [5.74, 6) is -1.38. The third kappa shape index (κ3) is 7.39. The fourth-order valence-electron chi connectivity index (χ4n) is 2.58. The van der Waals surface area contributed by atoms with Gasteiger partial charge in [-0.2, -0.15) is 0 Å². The van der Waals surface area contributed by atoms with E-state index in [9.17, 15) is 14.7 Å². The van der Waals surface area contributed by atoms with Crippen LogP contribution < -0.4 is 10.6 Å². The van der Waals surface area contributed by atoms with Crippen LogP contribution in [0.2, 0.25) is 5.02 Å². The molecule has 0 radical (unpaired) electrons. The molecule has 0 aromatic heterocycles. The van der Waals surface area contributed by atoms with Crippen molar-refractivity contribution < 1.29 is 19.4 Å². The fourth-order valence-corrected chi connectivity index (χ4v) is 2.71. The number of morpholine rings is 1. The molecule has 1 aliphatic rings. The summed E-state index contributed by atoms with van der Waals surface area (Å²) >= 11 is 5.79. The van der Waals surface area contributed by atoms with E-state index in [1.165, 1.54) is 0 Å². The van der Waals surface area contributed by atoms with Gasteiger partial charge in [-0.25, -0.2) is 0 Å². The molecule has 1 fully saturated rings. The largest absolute Gasteiger partial charge is 0.480 e. The molecular weight excluding hydrogens is 346 g/mol. The number of rotatable bonds is 9. The number of carboxylic acid groups (broad SMARTS) is 1. The number of aliphatic carboxylic acids is 1. The van der Waals surface area contributed by atoms with E-state index in [1.54, 1.807) is 24.3 Å². The van der Waals surface area contributed by atoms with Crippen LogP contribution in [0.15, 0.2) is 24.3 Å². The quantitative estimate of drug-likeness (QED) is 0.570. The van der Waals surface area contributed by atoms with Crippen LogP contribution in [-0.4, -0.2) is 67.3 Å². The Morgan fingerprint density at radius 2 is 1.92 bits per heavy atom. The molecule has 1 aromatic rings. The van der Waals surface area contributed by atoms with Crippen LogP contribution in [0.5, 0.6) is 0 Å². The maximum Gasteiger partial charge on any atom is 0.321 e. The normalized spacial score (nSPS) is 16.4. The Bertz CT molecular complexity index is 562. The third-order valence-electron chi connectivity index (χ3n) is 3.96. The number of carbonyl (C=O) groups excluding carboxylic acids is 1. The number of nitrogens with one attached hydrogen (secondary N) is 2. The van der Waals surface area contributed by atoms with Crippen LogP contribution in [-0.2, 0) is 14.3 Å². The molecule has 0 saturated carbocycles. The van der Waals surface area contributed by atoms with E-state index < -0.39 is 12.0 Å². The first-order valence-electron chi connectivity index (χ1n) is 8.36. The van der Waals surface area contributed by atoms with Crippen LogP contribution >= 0.6 is 11.6 Å². The maximum absolute atomic E-state index is 12.0. The Labute approximate surface area is 152 Å². The number of hydrogen-bond acceptors (Lipinski definition) is 5. The molecule has 0 aliphatic carbocycles. The van der Waals surface area contributed by atoms with Gasteiger partial charge < -0.3 is 20.5 Å². The number of benzene rings is 1. The van der Waals surface area contributed by atoms with E-state index >= 15 is 0 Å². The van der Waals surface area contributed by atoms with Crippen LogP contribution in [0.4, 0.5) is 5.69 Å². The maximum atomic E-state index is 12.0. The average Bonchev–Trinajstić information content (AvgIpc) is 2.60. The lowest BCUT2D eigenvalue weighted by molar-refractivity contribution is -0.141. The van der Waals surface area contributed by atoms with Crippen molar-refractivity contribution in [3.05, 3.63) is 29.3 Å². The summed E-state index contributed by atoms with van der Waals surface area (Å²) in [7, 11) is 0. The number of ether oxygens (including phenoxy) is 1. The molecule has 1 heterocycles. The highest BCUT2D eigenvalue weighted by molar-refractivity contribution is 6.30. The van der Waals surface area contributed by atoms with Gasteiger partial charge in [-0.05, 0) is 43.8 Å². The zero-order chi connectivity index (χ0) is 18.1. The first-order chi connectivity index (χ1) is 12.0. The molecule has 8 heteroatoms. The zero-order valence-electron chi connectivity index (χ0n) is 14.0. The van der Waals surface area contributed by atoms with Crippen molar-refractivity contribution >= 4 is 29.2 Å². The molecule has 1 aliphatic heterocycles. The molecule has 25 heavy (non-hydrogen) atoms. The van der Waals surface area contributed by atoms with Gasteiger partial charge in [0.1, 0.15) is 6.04 Å². The third-order valence-corrected chi connectivity index (χ3v) is 4.21. The molecule has 2 rings (SSSR count). The fraction of sp³-hybridized carbons (Fsp3) is 0.529. The highest BCUT2D eigenvalue weighted by Gasteiger charge is 2.20. The standard InChI is InChI=1S/C17H24ClN3O4/c18-13-2-4-14(5-3-13)20-16(22)12-15(17(23)24)19-6-1-7-21-8-10-25-11-9-21/h2-5,15,19H,1,6-12H2,(H,20,22)(H,23,24)/t15-/m1/s1. The summed E-state index contributed by atoms with van der Waals surface area (Å²) in [6, 6.07) is 5.76. The van der Waals surface area contributed by atoms with Crippen LogP contribution in [0.1, 0.15) is 12.8 Å². The summed E-state index contributed by atoms with van der Waals surface area (Å²) in [4.78, 5) is 25.6. The van der Waals surface area contributed by atoms with Gasteiger partial charge in [0.15, 0.2) is 0 Å². The lowest BCUT2D eigenvalue weighted by Crippen LogP contribution is -2.42. The van der Waals surface area contributed by atoms with E-state index in [0.29, 0.717) is 17.3 Å². The van der Waals surface area contributed by atoms with Gasteiger partial charge in [-0.15, -0.1) is 0 Å². The van der Waals surface area contributed by atoms with E-state index in [4.69, 9.17) is 16.3 Å². The summed E-state index contributed by atoms with van der Waals surface area (Å²) in [5, 5.41) is 15.5. The SMILES string of the molecule is O=C(C[C@@H](NCCCN1CCOCC1)C(=O)O)Nc1ccc(Cl)cc1. The highest BCUT2D eigenvalue weighted by Crippen LogP contribution is 2.13. The second kappa shape index (κ2) is 10.4. The van der Waals surface area contributed by atoms with Gasteiger partial charge in [0.2, 0.25) is 5.91 Å². The van der Waals surface area contributed by atoms with Crippen molar-refractivity contribution in [3.8, 4) is 0 Å². The summed E-state index contributed by atoms with van der Waals surface area (Å²) in [6.45, 7) is 4.74. The monoisotopic (exact) mass is 369 g/mol. The second-order valence-electron chi connectivity index (χ2n) is 5.91. The first kappa shape index (κ1) is 19.7.